The number of aromatic hydroxyl groups is 1. The Labute approximate surface area is 131 Å². The summed E-state index contributed by atoms with van der Waals surface area (Å²) in [6.07, 6.45) is 2.29. The zero-order chi connectivity index (χ0) is 16.0. The van der Waals surface area contributed by atoms with Crippen molar-refractivity contribution < 1.29 is 19.0 Å². The number of aromatic nitrogens is 3. The molecule has 1 amide bonds. The second-order valence-corrected chi connectivity index (χ2v) is 5.76. The number of hydrogen-bond acceptors (Lipinski definition) is 5. The van der Waals surface area contributed by atoms with Gasteiger partial charge in [-0.25, -0.2) is 9.07 Å². The molecule has 7 nitrogen and oxygen atoms in total. The van der Waals surface area contributed by atoms with Gasteiger partial charge in [0.2, 0.25) is 0 Å². The van der Waals surface area contributed by atoms with E-state index in [-0.39, 0.29) is 17.7 Å². The van der Waals surface area contributed by atoms with Crippen LogP contribution in [0.2, 0.25) is 0 Å². The van der Waals surface area contributed by atoms with Crippen LogP contribution in [-0.4, -0.2) is 50.1 Å². The summed E-state index contributed by atoms with van der Waals surface area (Å²) in [6, 6.07) is 3.84. The van der Waals surface area contributed by atoms with Gasteiger partial charge in [0.05, 0.1) is 36.2 Å². The molecule has 120 valence electrons. The molecule has 3 heterocycles. The van der Waals surface area contributed by atoms with Crippen LogP contribution < -0.4 is 0 Å². The maximum Gasteiger partial charge on any atom is 0.257 e. The molecule has 23 heavy (non-hydrogen) atoms. The second kappa shape index (κ2) is 5.31. The summed E-state index contributed by atoms with van der Waals surface area (Å²) in [7, 11) is 0. The molecule has 4 rings (SSSR count). The summed E-state index contributed by atoms with van der Waals surface area (Å²) < 4.78 is 21.1. The molecule has 2 aliphatic heterocycles. The Bertz CT molecular complexity index is 763. The summed E-state index contributed by atoms with van der Waals surface area (Å²) >= 11 is 0. The largest absolute Gasteiger partial charge is 0.504 e. The van der Waals surface area contributed by atoms with Gasteiger partial charge >= 0.3 is 0 Å². The number of phenolic OH excluding ortho intramolecular Hbond substituents is 1. The van der Waals surface area contributed by atoms with Gasteiger partial charge in [0, 0.05) is 13.1 Å². The molecule has 0 bridgehead atoms. The second-order valence-electron chi connectivity index (χ2n) is 5.76. The van der Waals surface area contributed by atoms with E-state index >= 15 is 0 Å². The zero-order valence-corrected chi connectivity index (χ0v) is 12.2. The molecule has 1 aromatic carbocycles. The maximum absolute atomic E-state index is 13.5. The Kier molecular flexibility index (Phi) is 3.26. The molecule has 1 N–H and O–H groups in total. The lowest BCUT2D eigenvalue weighted by atomic mass is 9.99. The van der Waals surface area contributed by atoms with Crippen molar-refractivity contribution in [2.24, 2.45) is 0 Å². The highest BCUT2D eigenvalue weighted by molar-refractivity contribution is 5.97. The lowest BCUT2D eigenvalue weighted by Crippen LogP contribution is -2.49. The predicted octanol–water partition coefficient (Wildman–Crippen LogP) is 1.11. The van der Waals surface area contributed by atoms with Crippen LogP contribution in [0.25, 0.3) is 0 Å². The third kappa shape index (κ3) is 2.26. The monoisotopic (exact) mass is 318 g/mol. The fourth-order valence-electron chi connectivity index (χ4n) is 3.22. The van der Waals surface area contributed by atoms with Crippen LogP contribution in [0.5, 0.6) is 5.75 Å². The van der Waals surface area contributed by atoms with Crippen LogP contribution in [0.3, 0.4) is 0 Å². The fraction of sp³-hybridized carbons (Fsp3) is 0.400. The van der Waals surface area contributed by atoms with Crippen LogP contribution in [0.1, 0.15) is 28.5 Å². The summed E-state index contributed by atoms with van der Waals surface area (Å²) in [6.45, 7) is 1.34. The summed E-state index contributed by atoms with van der Waals surface area (Å²) in [5.74, 6) is -1.81. The number of benzene rings is 1. The summed E-state index contributed by atoms with van der Waals surface area (Å²) in [5.41, 5.74) is 0.841. The molecule has 0 radical (unpaired) electrons. The van der Waals surface area contributed by atoms with E-state index in [1.165, 1.54) is 12.1 Å². The van der Waals surface area contributed by atoms with Crippen LogP contribution in [-0.2, 0) is 11.3 Å². The number of ether oxygens (including phenoxy) is 1. The summed E-state index contributed by atoms with van der Waals surface area (Å²) in [4.78, 5) is 14.2. The van der Waals surface area contributed by atoms with Crippen molar-refractivity contribution in [1.29, 1.82) is 0 Å². The first-order valence-electron chi connectivity index (χ1n) is 7.42. The molecule has 1 fully saturated rings. The number of para-hydroxylation sites is 1. The Hall–Kier alpha value is -2.48. The van der Waals surface area contributed by atoms with Crippen molar-refractivity contribution in [1.82, 2.24) is 19.9 Å². The molecule has 0 unspecified atom stereocenters. The van der Waals surface area contributed by atoms with E-state index in [9.17, 15) is 14.3 Å². The van der Waals surface area contributed by atoms with E-state index in [0.717, 1.165) is 11.8 Å². The van der Waals surface area contributed by atoms with Crippen LogP contribution in [0, 0.1) is 5.82 Å². The number of likely N-dealkylation sites (tertiary alicyclic amines) is 1. The van der Waals surface area contributed by atoms with Gasteiger partial charge in [0.25, 0.3) is 5.91 Å². The van der Waals surface area contributed by atoms with Crippen molar-refractivity contribution in [2.45, 2.75) is 25.2 Å². The van der Waals surface area contributed by atoms with Crippen molar-refractivity contribution in [2.75, 3.05) is 13.1 Å². The minimum absolute atomic E-state index is 0.0191. The van der Waals surface area contributed by atoms with Gasteiger partial charge in [-0.05, 0) is 18.6 Å². The maximum atomic E-state index is 13.5. The first-order chi connectivity index (χ1) is 11.1. The molecule has 0 saturated carbocycles. The third-order valence-corrected chi connectivity index (χ3v) is 4.43. The molecule has 1 aromatic heterocycles. The standard InChI is InChI=1S/C15H15FN4O3/c16-11-3-1-2-10(14(11)21)15(22)19-5-4-13-12(7-19)20-9(8-23-13)6-17-18-20/h1-3,6,12-13,21H,4-5,7-8H2/t12-,13+/m1/s1. The number of fused-ring (bicyclic) bond motifs is 3. The smallest absolute Gasteiger partial charge is 0.257 e. The van der Waals surface area contributed by atoms with Gasteiger partial charge in [0.1, 0.15) is 0 Å². The van der Waals surface area contributed by atoms with E-state index in [4.69, 9.17) is 4.74 Å². The van der Waals surface area contributed by atoms with Gasteiger partial charge in [-0.3, -0.25) is 4.79 Å². The van der Waals surface area contributed by atoms with Gasteiger partial charge < -0.3 is 14.7 Å². The molecule has 0 spiro atoms. The fourth-order valence-corrected chi connectivity index (χ4v) is 3.22. The minimum Gasteiger partial charge on any atom is -0.504 e. The van der Waals surface area contributed by atoms with Gasteiger partial charge in [-0.15, -0.1) is 5.10 Å². The first kappa shape index (κ1) is 14.1. The highest BCUT2D eigenvalue weighted by Gasteiger charge is 2.38. The van der Waals surface area contributed by atoms with Gasteiger partial charge in [-0.1, -0.05) is 11.3 Å². The number of nitrogens with zero attached hydrogens (tertiary/aromatic N) is 4. The normalized spacial score (nSPS) is 23.3. The highest BCUT2D eigenvalue weighted by atomic mass is 19.1. The molecule has 8 heteroatoms. The molecular formula is C15H15FN4O3. The number of carbonyl (C=O) groups excluding carboxylic acids is 1. The number of phenols is 1. The first-order valence-corrected chi connectivity index (χ1v) is 7.42. The predicted molar refractivity (Wildman–Crippen MR) is 76.2 cm³/mol. The zero-order valence-electron chi connectivity index (χ0n) is 12.2. The van der Waals surface area contributed by atoms with E-state index in [2.05, 4.69) is 10.3 Å². The van der Waals surface area contributed by atoms with Crippen LogP contribution in [0.15, 0.2) is 24.4 Å². The number of rotatable bonds is 1. The van der Waals surface area contributed by atoms with E-state index in [1.807, 2.05) is 0 Å². The Morgan fingerprint density at radius 2 is 2.30 bits per heavy atom. The Morgan fingerprint density at radius 3 is 3.17 bits per heavy atom. The number of piperidine rings is 1. The highest BCUT2D eigenvalue weighted by Crippen LogP contribution is 2.31. The van der Waals surface area contributed by atoms with Crippen molar-refractivity contribution >= 4 is 5.91 Å². The molecule has 1 saturated heterocycles. The van der Waals surface area contributed by atoms with E-state index < -0.39 is 17.5 Å². The molecule has 2 aliphatic rings. The lowest BCUT2D eigenvalue weighted by molar-refractivity contribution is -0.0605. The van der Waals surface area contributed by atoms with Crippen LogP contribution in [0.4, 0.5) is 4.39 Å². The topological polar surface area (TPSA) is 80.5 Å². The number of carbonyl (C=O) groups is 1. The average Bonchev–Trinajstić information content (AvgIpc) is 3.05. The number of hydrogen-bond donors (Lipinski definition) is 1. The molecule has 2 aromatic rings. The van der Waals surface area contributed by atoms with Gasteiger partial charge in [0.15, 0.2) is 11.6 Å². The molecular weight excluding hydrogens is 303 g/mol. The minimum atomic E-state index is -0.801. The number of halogens is 1. The van der Waals surface area contributed by atoms with Crippen LogP contribution >= 0.6 is 0 Å². The number of amides is 1. The quantitative estimate of drug-likeness (QED) is 0.852. The van der Waals surface area contributed by atoms with Gasteiger partial charge in [-0.2, -0.15) is 0 Å². The van der Waals surface area contributed by atoms with E-state index in [0.29, 0.717) is 26.1 Å². The Balaban J connectivity index is 1.60. The van der Waals surface area contributed by atoms with Crippen molar-refractivity contribution in [3.8, 4) is 5.75 Å². The molecule has 2 atom stereocenters. The molecule has 0 aliphatic carbocycles. The van der Waals surface area contributed by atoms with Crippen molar-refractivity contribution in [3.63, 3.8) is 0 Å². The SMILES string of the molecule is O=C(c1cccc(F)c1O)N1CC[C@@H]2OCc3cnnn3[C@@H]2C1. The average molecular weight is 318 g/mol. The lowest BCUT2D eigenvalue weighted by Gasteiger charge is -2.41. The van der Waals surface area contributed by atoms with E-state index in [1.54, 1.807) is 15.8 Å². The third-order valence-electron chi connectivity index (χ3n) is 4.43. The Morgan fingerprint density at radius 1 is 1.43 bits per heavy atom. The summed E-state index contributed by atoms with van der Waals surface area (Å²) in [5, 5.41) is 17.7. The van der Waals surface area contributed by atoms with Crippen molar-refractivity contribution in [3.05, 3.63) is 41.5 Å².